The number of carbonyl (C=O) groups excluding carboxylic acids is 1. The number of ether oxygens (including phenoxy) is 1. The Kier molecular flexibility index (Phi) is 10.2. The van der Waals surface area contributed by atoms with Crippen LogP contribution in [0.25, 0.3) is 0 Å². The van der Waals surface area contributed by atoms with Gasteiger partial charge in [-0.2, -0.15) is 0 Å². The number of hydrogen-bond donors (Lipinski definition) is 1. The van der Waals surface area contributed by atoms with Gasteiger partial charge < -0.3 is 9.84 Å². The fourth-order valence-electron chi connectivity index (χ4n) is 2.01. The van der Waals surface area contributed by atoms with Gasteiger partial charge in [-0.05, 0) is 12.8 Å². The van der Waals surface area contributed by atoms with E-state index in [0.717, 1.165) is 38.5 Å². The Bertz CT molecular complexity index is 263. The van der Waals surface area contributed by atoms with Gasteiger partial charge in [0.05, 0.1) is 18.4 Å². The molecule has 0 rings (SSSR count). The van der Waals surface area contributed by atoms with Gasteiger partial charge in [0.1, 0.15) is 0 Å². The highest BCUT2D eigenvalue weighted by Crippen LogP contribution is 2.20. The van der Waals surface area contributed by atoms with Crippen molar-refractivity contribution in [2.24, 2.45) is 11.8 Å². The molecule has 19 heavy (non-hydrogen) atoms. The number of aliphatic carboxylic acids is 1. The molecule has 2 atom stereocenters. The molecule has 112 valence electrons. The first-order valence-corrected chi connectivity index (χ1v) is 7.44. The first kappa shape index (κ1) is 17.9. The Morgan fingerprint density at radius 3 is 2.21 bits per heavy atom. The van der Waals surface area contributed by atoms with Crippen LogP contribution in [-0.2, 0) is 14.3 Å². The molecule has 0 radical (unpaired) electrons. The molecule has 4 heteroatoms. The van der Waals surface area contributed by atoms with Gasteiger partial charge in [-0.3, -0.25) is 9.59 Å². The maximum absolute atomic E-state index is 11.8. The quantitative estimate of drug-likeness (QED) is 0.461. The van der Waals surface area contributed by atoms with Crippen molar-refractivity contribution in [2.45, 2.75) is 65.7 Å². The third kappa shape index (κ3) is 7.85. The van der Waals surface area contributed by atoms with E-state index < -0.39 is 17.8 Å². The van der Waals surface area contributed by atoms with Crippen LogP contribution >= 0.6 is 0 Å². The van der Waals surface area contributed by atoms with Crippen molar-refractivity contribution in [1.82, 2.24) is 0 Å². The highest BCUT2D eigenvalue weighted by atomic mass is 16.5. The van der Waals surface area contributed by atoms with Crippen molar-refractivity contribution in [2.75, 3.05) is 6.61 Å². The van der Waals surface area contributed by atoms with E-state index in [1.165, 1.54) is 0 Å². The van der Waals surface area contributed by atoms with Crippen molar-refractivity contribution in [1.29, 1.82) is 0 Å². The van der Waals surface area contributed by atoms with Crippen LogP contribution in [0.4, 0.5) is 0 Å². The number of rotatable bonds is 11. The van der Waals surface area contributed by atoms with Crippen molar-refractivity contribution >= 4 is 11.9 Å². The Hall–Kier alpha value is -1.06. The molecule has 0 fully saturated rings. The number of unbranched alkanes of at least 4 members (excludes halogenated alkanes) is 4. The lowest BCUT2D eigenvalue weighted by atomic mass is 9.89. The largest absolute Gasteiger partial charge is 0.481 e. The van der Waals surface area contributed by atoms with Gasteiger partial charge in [-0.15, -0.1) is 0 Å². The molecule has 0 aromatic carbocycles. The molecule has 2 unspecified atom stereocenters. The summed E-state index contributed by atoms with van der Waals surface area (Å²) in [5.74, 6) is -2.46. The van der Waals surface area contributed by atoms with Crippen molar-refractivity contribution in [3.05, 3.63) is 0 Å². The fourth-order valence-corrected chi connectivity index (χ4v) is 2.01. The van der Waals surface area contributed by atoms with Crippen molar-refractivity contribution in [3.63, 3.8) is 0 Å². The van der Waals surface area contributed by atoms with Gasteiger partial charge in [-0.25, -0.2) is 0 Å². The summed E-state index contributed by atoms with van der Waals surface area (Å²) in [6.07, 6.45) is 6.49. The third-order valence-corrected chi connectivity index (χ3v) is 3.40. The lowest BCUT2D eigenvalue weighted by Crippen LogP contribution is -2.29. The zero-order chi connectivity index (χ0) is 14.7. The normalized spacial score (nSPS) is 13.8. The number of hydrogen-bond acceptors (Lipinski definition) is 3. The van der Waals surface area contributed by atoms with E-state index in [-0.39, 0.29) is 5.97 Å². The molecule has 1 N–H and O–H groups in total. The molecule has 0 spiro atoms. The SMILES string of the molecule is CCCCCCOC(=O)C(C)C(CCCC)C(=O)O. The minimum atomic E-state index is -0.899. The summed E-state index contributed by atoms with van der Waals surface area (Å²) in [4.78, 5) is 23.0. The highest BCUT2D eigenvalue weighted by Gasteiger charge is 2.30. The average Bonchev–Trinajstić information content (AvgIpc) is 2.38. The summed E-state index contributed by atoms with van der Waals surface area (Å²) in [5, 5.41) is 9.15. The maximum Gasteiger partial charge on any atom is 0.309 e. The molecule has 0 aromatic heterocycles. The van der Waals surface area contributed by atoms with Crippen LogP contribution in [-0.4, -0.2) is 23.7 Å². The fraction of sp³-hybridized carbons (Fsp3) is 0.867. The van der Waals surface area contributed by atoms with E-state index in [2.05, 4.69) is 6.92 Å². The molecule has 0 saturated carbocycles. The monoisotopic (exact) mass is 272 g/mol. The number of carbonyl (C=O) groups is 2. The van der Waals surface area contributed by atoms with Gasteiger partial charge in [0, 0.05) is 0 Å². The second-order valence-electron chi connectivity index (χ2n) is 5.10. The van der Waals surface area contributed by atoms with E-state index in [1.807, 2.05) is 6.92 Å². The average molecular weight is 272 g/mol. The topological polar surface area (TPSA) is 63.6 Å². The highest BCUT2D eigenvalue weighted by molar-refractivity contribution is 5.80. The van der Waals surface area contributed by atoms with Crippen LogP contribution in [0.1, 0.15) is 65.7 Å². The van der Waals surface area contributed by atoms with Crippen LogP contribution < -0.4 is 0 Å². The smallest absolute Gasteiger partial charge is 0.309 e. The molecule has 0 aliphatic rings. The molecule has 0 bridgehead atoms. The minimum Gasteiger partial charge on any atom is -0.481 e. The van der Waals surface area contributed by atoms with Crippen LogP contribution in [0, 0.1) is 11.8 Å². The molecule has 0 heterocycles. The van der Waals surface area contributed by atoms with Crippen LogP contribution in [0.5, 0.6) is 0 Å². The Morgan fingerprint density at radius 2 is 1.68 bits per heavy atom. The number of carboxylic acid groups (broad SMARTS) is 1. The van der Waals surface area contributed by atoms with Gasteiger partial charge in [-0.1, -0.05) is 52.9 Å². The summed E-state index contributed by atoms with van der Waals surface area (Å²) in [6, 6.07) is 0. The molecule has 4 nitrogen and oxygen atoms in total. The lowest BCUT2D eigenvalue weighted by Gasteiger charge is -2.18. The van der Waals surface area contributed by atoms with Crippen molar-refractivity contribution < 1.29 is 19.4 Å². The van der Waals surface area contributed by atoms with Crippen molar-refractivity contribution in [3.8, 4) is 0 Å². The summed E-state index contributed by atoms with van der Waals surface area (Å²) in [5.41, 5.74) is 0. The van der Waals surface area contributed by atoms with Gasteiger partial charge >= 0.3 is 11.9 Å². The predicted octanol–water partition coefficient (Wildman–Crippen LogP) is 3.64. The predicted molar refractivity (Wildman–Crippen MR) is 74.9 cm³/mol. The first-order valence-electron chi connectivity index (χ1n) is 7.44. The zero-order valence-corrected chi connectivity index (χ0v) is 12.5. The summed E-state index contributed by atoms with van der Waals surface area (Å²) < 4.78 is 5.16. The molecule has 0 amide bonds. The lowest BCUT2D eigenvalue weighted by molar-refractivity contribution is -0.157. The minimum absolute atomic E-state index is 0.375. The molecule has 0 aliphatic heterocycles. The first-order chi connectivity index (χ1) is 9.04. The summed E-state index contributed by atoms with van der Waals surface area (Å²) >= 11 is 0. The second-order valence-corrected chi connectivity index (χ2v) is 5.10. The molecular weight excluding hydrogens is 244 g/mol. The van der Waals surface area contributed by atoms with Gasteiger partial charge in [0.2, 0.25) is 0 Å². The Morgan fingerprint density at radius 1 is 1.05 bits per heavy atom. The zero-order valence-electron chi connectivity index (χ0n) is 12.5. The van der Waals surface area contributed by atoms with E-state index in [1.54, 1.807) is 6.92 Å². The summed E-state index contributed by atoms with van der Waals surface area (Å²) in [7, 11) is 0. The molecule has 0 aromatic rings. The van der Waals surface area contributed by atoms with Gasteiger partial charge in [0.25, 0.3) is 0 Å². The Labute approximate surface area is 116 Å². The van der Waals surface area contributed by atoms with E-state index in [0.29, 0.717) is 13.0 Å². The molecule has 0 aliphatic carbocycles. The standard InChI is InChI=1S/C15H28O4/c1-4-6-8-9-11-19-15(18)12(3)13(14(16)17)10-7-5-2/h12-13H,4-11H2,1-3H3,(H,16,17). The number of carboxylic acids is 1. The van der Waals surface area contributed by atoms with E-state index >= 15 is 0 Å². The van der Waals surface area contributed by atoms with Crippen LogP contribution in [0.15, 0.2) is 0 Å². The van der Waals surface area contributed by atoms with Gasteiger partial charge in [0.15, 0.2) is 0 Å². The maximum atomic E-state index is 11.8. The molecular formula is C15H28O4. The Balaban J connectivity index is 4.08. The summed E-state index contributed by atoms with van der Waals surface area (Å²) in [6.45, 7) is 6.20. The third-order valence-electron chi connectivity index (χ3n) is 3.40. The van der Waals surface area contributed by atoms with Crippen LogP contribution in [0.3, 0.4) is 0 Å². The van der Waals surface area contributed by atoms with Crippen LogP contribution in [0.2, 0.25) is 0 Å². The van der Waals surface area contributed by atoms with E-state index in [4.69, 9.17) is 9.84 Å². The number of esters is 1. The second kappa shape index (κ2) is 10.8. The van der Waals surface area contributed by atoms with E-state index in [9.17, 15) is 9.59 Å². The molecule has 0 saturated heterocycles.